The molecule has 0 spiro atoms. The maximum atomic E-state index is 12.5. The Balaban J connectivity index is 1.75. The van der Waals surface area contributed by atoms with E-state index in [0.29, 0.717) is 22.4 Å². The molecule has 2 N–H and O–H groups in total. The summed E-state index contributed by atoms with van der Waals surface area (Å²) in [5.74, 6) is -0.536. The highest BCUT2D eigenvalue weighted by Crippen LogP contribution is 2.23. The lowest BCUT2D eigenvalue weighted by Crippen LogP contribution is -2.17. The number of hydrogen-bond donors (Lipinski definition) is 2. The van der Waals surface area contributed by atoms with E-state index in [-0.39, 0.29) is 5.75 Å². The molecule has 0 aromatic heterocycles. The van der Waals surface area contributed by atoms with Gasteiger partial charge in [-0.2, -0.15) is 5.10 Å². The van der Waals surface area contributed by atoms with Gasteiger partial charge in [0.2, 0.25) is 0 Å². The van der Waals surface area contributed by atoms with Crippen LogP contribution in [0.4, 0.5) is 0 Å². The minimum absolute atomic E-state index is 0.0688. The van der Waals surface area contributed by atoms with Crippen LogP contribution in [0.3, 0.4) is 0 Å². The van der Waals surface area contributed by atoms with E-state index in [0.717, 1.165) is 10.0 Å². The first-order chi connectivity index (χ1) is 13.9. The summed E-state index contributed by atoms with van der Waals surface area (Å²) < 4.78 is 6.29. The Labute approximate surface area is 176 Å². The molecule has 0 saturated carbocycles. The normalized spacial score (nSPS) is 10.7. The average Bonchev–Trinajstić information content (AvgIpc) is 2.70. The average molecular weight is 453 g/mol. The van der Waals surface area contributed by atoms with Gasteiger partial charge in [-0.1, -0.05) is 34.1 Å². The first-order valence-corrected chi connectivity index (χ1v) is 9.43. The fourth-order valence-corrected chi connectivity index (χ4v) is 2.89. The van der Waals surface area contributed by atoms with Crippen molar-refractivity contribution in [1.29, 1.82) is 0 Å². The predicted octanol–water partition coefficient (Wildman–Crippen LogP) is 4.45. The van der Waals surface area contributed by atoms with Crippen LogP contribution >= 0.6 is 15.9 Å². The zero-order valence-electron chi connectivity index (χ0n) is 15.4. The molecule has 0 fully saturated rings. The van der Waals surface area contributed by atoms with Crippen molar-refractivity contribution in [2.24, 2.45) is 5.10 Å². The molecule has 146 valence electrons. The number of halogens is 1. The number of phenolic OH excluding ortho intramolecular Hbond substituents is 1. The van der Waals surface area contributed by atoms with Gasteiger partial charge < -0.3 is 9.84 Å². The Morgan fingerprint density at radius 1 is 1.07 bits per heavy atom. The number of benzene rings is 3. The topological polar surface area (TPSA) is 88.0 Å². The summed E-state index contributed by atoms with van der Waals surface area (Å²) in [6.07, 6.45) is 1.39. The molecule has 0 atom stereocenters. The number of rotatable bonds is 5. The molecule has 0 saturated heterocycles. The minimum atomic E-state index is -0.479. The van der Waals surface area contributed by atoms with Gasteiger partial charge in [0.25, 0.3) is 5.91 Å². The van der Waals surface area contributed by atoms with Crippen LogP contribution in [0.15, 0.2) is 76.3 Å². The van der Waals surface area contributed by atoms with Crippen molar-refractivity contribution in [2.75, 3.05) is 0 Å². The van der Waals surface area contributed by atoms with Gasteiger partial charge in [-0.3, -0.25) is 4.79 Å². The number of carbonyl (C=O) groups is 2. The maximum absolute atomic E-state index is 12.5. The second kappa shape index (κ2) is 9.16. The maximum Gasteiger partial charge on any atom is 0.343 e. The van der Waals surface area contributed by atoms with Crippen LogP contribution in [0.25, 0.3) is 0 Å². The molecule has 0 radical (unpaired) electrons. The number of nitrogens with one attached hydrogen (secondary N) is 1. The van der Waals surface area contributed by atoms with Crippen molar-refractivity contribution in [2.45, 2.75) is 6.92 Å². The summed E-state index contributed by atoms with van der Waals surface area (Å²) in [6.45, 7) is 1.83. The second-order valence-corrected chi connectivity index (χ2v) is 7.05. The molecule has 3 aromatic carbocycles. The monoisotopic (exact) mass is 452 g/mol. The number of amides is 1. The van der Waals surface area contributed by atoms with E-state index in [9.17, 15) is 14.7 Å². The molecule has 29 heavy (non-hydrogen) atoms. The SMILES string of the molecule is Cc1ccccc1C(=O)Oc1ccc(Br)cc1C=NNC(=O)c1ccc(O)cc1. The summed E-state index contributed by atoms with van der Waals surface area (Å²) in [5, 5.41) is 13.2. The van der Waals surface area contributed by atoms with E-state index in [1.807, 2.05) is 19.1 Å². The molecule has 0 aliphatic carbocycles. The molecule has 7 heteroatoms. The molecule has 3 aromatic rings. The summed E-state index contributed by atoms with van der Waals surface area (Å²) in [7, 11) is 0. The van der Waals surface area contributed by atoms with E-state index >= 15 is 0 Å². The van der Waals surface area contributed by atoms with Gasteiger partial charge in [0.1, 0.15) is 11.5 Å². The molecule has 0 unspecified atom stereocenters. The molecule has 6 nitrogen and oxygen atoms in total. The minimum Gasteiger partial charge on any atom is -0.508 e. The van der Waals surface area contributed by atoms with E-state index in [1.54, 1.807) is 30.3 Å². The molecule has 0 heterocycles. The third kappa shape index (κ3) is 5.30. The Hall–Kier alpha value is -3.45. The van der Waals surface area contributed by atoms with E-state index in [1.165, 1.54) is 30.5 Å². The van der Waals surface area contributed by atoms with Gasteiger partial charge in [-0.15, -0.1) is 0 Å². The van der Waals surface area contributed by atoms with Crippen molar-refractivity contribution in [3.63, 3.8) is 0 Å². The van der Waals surface area contributed by atoms with Crippen LogP contribution in [0.5, 0.6) is 11.5 Å². The zero-order chi connectivity index (χ0) is 20.8. The lowest BCUT2D eigenvalue weighted by Gasteiger charge is -2.09. The Bertz CT molecular complexity index is 1080. The lowest BCUT2D eigenvalue weighted by atomic mass is 10.1. The third-order valence-electron chi connectivity index (χ3n) is 4.04. The van der Waals surface area contributed by atoms with Crippen molar-refractivity contribution >= 4 is 34.0 Å². The number of aryl methyl sites for hydroxylation is 1. The van der Waals surface area contributed by atoms with Gasteiger partial charge >= 0.3 is 5.97 Å². The van der Waals surface area contributed by atoms with Crippen LogP contribution < -0.4 is 10.2 Å². The first-order valence-electron chi connectivity index (χ1n) is 8.64. The first kappa shape index (κ1) is 20.3. The zero-order valence-corrected chi connectivity index (χ0v) is 17.0. The molecule has 3 rings (SSSR count). The van der Waals surface area contributed by atoms with Gasteiger partial charge in [-0.05, 0) is 61.0 Å². The number of nitrogens with zero attached hydrogens (tertiary/aromatic N) is 1. The Morgan fingerprint density at radius 2 is 1.79 bits per heavy atom. The highest BCUT2D eigenvalue weighted by molar-refractivity contribution is 9.10. The van der Waals surface area contributed by atoms with Crippen molar-refractivity contribution in [1.82, 2.24) is 5.43 Å². The summed E-state index contributed by atoms with van der Waals surface area (Å²) in [4.78, 5) is 24.6. The number of phenols is 1. The highest BCUT2D eigenvalue weighted by Gasteiger charge is 2.13. The van der Waals surface area contributed by atoms with Crippen molar-refractivity contribution in [3.05, 3.63) is 93.5 Å². The Kier molecular flexibility index (Phi) is 6.41. The van der Waals surface area contributed by atoms with Crippen molar-refractivity contribution in [3.8, 4) is 11.5 Å². The number of hydrogen-bond acceptors (Lipinski definition) is 5. The van der Waals surface area contributed by atoms with Crippen molar-refractivity contribution < 1.29 is 19.4 Å². The van der Waals surface area contributed by atoms with E-state index < -0.39 is 11.9 Å². The van der Waals surface area contributed by atoms with Crippen LogP contribution in [0.1, 0.15) is 31.8 Å². The standard InChI is InChI=1S/C22H17BrN2O4/c1-14-4-2-3-5-19(14)22(28)29-20-11-8-17(23)12-16(20)13-24-25-21(27)15-6-9-18(26)10-7-15/h2-13,26H,1H3,(H,25,27). The number of carbonyl (C=O) groups excluding carboxylic acids is 2. The van der Waals surface area contributed by atoms with Gasteiger partial charge in [0.15, 0.2) is 0 Å². The van der Waals surface area contributed by atoms with Crippen LogP contribution in [-0.2, 0) is 0 Å². The number of ether oxygens (including phenoxy) is 1. The lowest BCUT2D eigenvalue weighted by molar-refractivity contribution is 0.0733. The molecule has 0 aliphatic rings. The summed E-state index contributed by atoms with van der Waals surface area (Å²) >= 11 is 3.37. The Morgan fingerprint density at radius 3 is 2.52 bits per heavy atom. The van der Waals surface area contributed by atoms with Crippen LogP contribution in [0.2, 0.25) is 0 Å². The van der Waals surface area contributed by atoms with Gasteiger partial charge in [0, 0.05) is 15.6 Å². The fourth-order valence-electron chi connectivity index (χ4n) is 2.51. The van der Waals surface area contributed by atoms with E-state index in [4.69, 9.17) is 4.74 Å². The molecule has 0 bridgehead atoms. The number of hydrazone groups is 1. The smallest absolute Gasteiger partial charge is 0.343 e. The quantitative estimate of drug-likeness (QED) is 0.259. The third-order valence-corrected chi connectivity index (χ3v) is 4.53. The van der Waals surface area contributed by atoms with E-state index in [2.05, 4.69) is 26.5 Å². The molecule has 0 aliphatic heterocycles. The summed E-state index contributed by atoms with van der Waals surface area (Å²) in [5.41, 5.74) is 4.54. The van der Waals surface area contributed by atoms with Crippen LogP contribution in [0, 0.1) is 6.92 Å². The van der Waals surface area contributed by atoms with Gasteiger partial charge in [0.05, 0.1) is 11.8 Å². The second-order valence-electron chi connectivity index (χ2n) is 6.13. The number of esters is 1. The molecular formula is C22H17BrN2O4. The van der Waals surface area contributed by atoms with Crippen LogP contribution in [-0.4, -0.2) is 23.2 Å². The highest BCUT2D eigenvalue weighted by atomic mass is 79.9. The molecule has 1 amide bonds. The molecular weight excluding hydrogens is 436 g/mol. The largest absolute Gasteiger partial charge is 0.508 e. The fraction of sp³-hybridized carbons (Fsp3) is 0.0455. The predicted molar refractivity (Wildman–Crippen MR) is 113 cm³/mol. The summed E-state index contributed by atoms with van der Waals surface area (Å²) in [6, 6.07) is 18.0. The van der Waals surface area contributed by atoms with Gasteiger partial charge in [-0.25, -0.2) is 10.2 Å². The number of aromatic hydroxyl groups is 1.